The van der Waals surface area contributed by atoms with Crippen molar-refractivity contribution in [2.75, 3.05) is 11.9 Å². The van der Waals surface area contributed by atoms with Gasteiger partial charge in [-0.3, -0.25) is 24.1 Å². The Morgan fingerprint density at radius 1 is 0.971 bits per heavy atom. The van der Waals surface area contributed by atoms with Gasteiger partial charge in [0.15, 0.2) is 6.29 Å². The summed E-state index contributed by atoms with van der Waals surface area (Å²) >= 11 is 4.18. The second-order valence-electron chi connectivity index (χ2n) is 8.11. The Morgan fingerprint density at radius 3 is 2.23 bits per heavy atom. The van der Waals surface area contributed by atoms with E-state index in [0.717, 1.165) is 50.1 Å². The van der Waals surface area contributed by atoms with Crippen molar-refractivity contribution in [2.45, 2.75) is 20.8 Å². The first-order chi connectivity index (χ1) is 16.7. The molecule has 2 aromatic carbocycles. The number of nitrogens with zero attached hydrogens (tertiary/aromatic N) is 2. The van der Waals surface area contributed by atoms with Crippen LogP contribution in [0.5, 0.6) is 0 Å². The topological polar surface area (TPSA) is 88.5 Å². The van der Waals surface area contributed by atoms with Gasteiger partial charge in [0.2, 0.25) is 5.91 Å². The highest BCUT2D eigenvalue weighted by Crippen LogP contribution is 2.35. The molecule has 0 atom stereocenters. The molecule has 1 aliphatic rings. The van der Waals surface area contributed by atoms with E-state index in [2.05, 4.69) is 21.2 Å². The fourth-order valence-corrected chi connectivity index (χ4v) is 5.02. The second-order valence-corrected chi connectivity index (χ2v) is 10.0. The summed E-state index contributed by atoms with van der Waals surface area (Å²) in [6.45, 7) is 5.23. The average molecular weight is 552 g/mol. The number of hydrogen-bond donors (Lipinski definition) is 1. The molecule has 1 aromatic heterocycles. The van der Waals surface area contributed by atoms with Gasteiger partial charge in [-0.25, -0.2) is 0 Å². The fourth-order valence-electron chi connectivity index (χ4n) is 3.94. The average Bonchev–Trinajstić information content (AvgIpc) is 3.22. The molecule has 1 fully saturated rings. The highest BCUT2D eigenvalue weighted by atomic mass is 79.9. The van der Waals surface area contributed by atoms with Crippen LogP contribution in [-0.2, 0) is 9.59 Å². The van der Waals surface area contributed by atoms with Gasteiger partial charge in [-0.05, 0) is 75.0 Å². The summed E-state index contributed by atoms with van der Waals surface area (Å²) in [6, 6.07) is 14.9. The van der Waals surface area contributed by atoms with E-state index < -0.39 is 23.6 Å². The van der Waals surface area contributed by atoms with Gasteiger partial charge in [-0.2, -0.15) is 0 Å². The molecule has 35 heavy (non-hydrogen) atoms. The van der Waals surface area contributed by atoms with Crippen LogP contribution in [0.1, 0.15) is 32.9 Å². The number of imide groups is 1. The predicted molar refractivity (Wildman–Crippen MR) is 141 cm³/mol. The third-order valence-electron chi connectivity index (χ3n) is 5.73. The molecule has 0 spiro atoms. The van der Waals surface area contributed by atoms with Gasteiger partial charge in [0.25, 0.3) is 11.1 Å². The first-order valence-electron chi connectivity index (χ1n) is 10.7. The van der Waals surface area contributed by atoms with Crippen molar-refractivity contribution in [2.24, 2.45) is 0 Å². The first kappa shape index (κ1) is 24.7. The minimum atomic E-state index is -0.565. The number of amides is 3. The number of nitrogens with one attached hydrogen (secondary N) is 1. The Kier molecular flexibility index (Phi) is 7.09. The van der Waals surface area contributed by atoms with Crippen molar-refractivity contribution < 1.29 is 19.2 Å². The van der Waals surface area contributed by atoms with E-state index >= 15 is 0 Å². The zero-order valence-corrected chi connectivity index (χ0v) is 21.7. The Labute approximate surface area is 215 Å². The zero-order chi connectivity index (χ0) is 25.3. The summed E-state index contributed by atoms with van der Waals surface area (Å²) in [4.78, 5) is 51.0. The number of hydrogen-bond acceptors (Lipinski definition) is 5. The number of halogens is 1. The highest BCUT2D eigenvalue weighted by molar-refractivity contribution is 9.10. The fraction of sp³-hybridized carbons (Fsp3) is 0.154. The van der Waals surface area contributed by atoms with Gasteiger partial charge < -0.3 is 9.88 Å². The van der Waals surface area contributed by atoms with Crippen LogP contribution in [0.3, 0.4) is 0 Å². The van der Waals surface area contributed by atoms with Crippen molar-refractivity contribution in [3.63, 3.8) is 0 Å². The van der Waals surface area contributed by atoms with Crippen LogP contribution in [0.25, 0.3) is 11.8 Å². The van der Waals surface area contributed by atoms with E-state index in [4.69, 9.17) is 0 Å². The minimum absolute atomic E-state index is 0.164. The number of anilines is 1. The molecule has 1 N–H and O–H groups in total. The standard InChI is InChI=1S/C26H22BrN3O4S/c1-15-4-8-19(9-5-15)28-24(32)13-29-25(33)23(35-26(29)34)12-21-16(2)30(17(3)22(21)14-31)20-10-6-18(27)7-11-20/h4-12,14H,13H2,1-3H3,(H,28,32)/b23-12-. The maximum atomic E-state index is 13.0. The molecule has 0 radical (unpaired) electrons. The number of aromatic nitrogens is 1. The maximum Gasteiger partial charge on any atom is 0.294 e. The van der Waals surface area contributed by atoms with Crippen LogP contribution in [0.4, 0.5) is 10.5 Å². The van der Waals surface area contributed by atoms with E-state index in [0.29, 0.717) is 16.8 Å². The van der Waals surface area contributed by atoms with Crippen LogP contribution < -0.4 is 5.32 Å². The van der Waals surface area contributed by atoms with E-state index in [9.17, 15) is 19.2 Å². The van der Waals surface area contributed by atoms with Crippen molar-refractivity contribution in [3.8, 4) is 5.69 Å². The summed E-state index contributed by atoms with van der Waals surface area (Å²) < 4.78 is 2.86. The summed E-state index contributed by atoms with van der Waals surface area (Å²) in [5.74, 6) is -1.04. The molecule has 4 rings (SSSR count). The Hall–Kier alpha value is -3.43. The number of rotatable bonds is 6. The molecule has 0 saturated carbocycles. The second kappa shape index (κ2) is 10.1. The molecule has 3 aromatic rings. The van der Waals surface area contributed by atoms with Crippen LogP contribution in [0.15, 0.2) is 57.9 Å². The molecule has 7 nitrogen and oxygen atoms in total. The lowest BCUT2D eigenvalue weighted by Gasteiger charge is -2.12. The van der Waals surface area contributed by atoms with E-state index in [-0.39, 0.29) is 4.91 Å². The molecule has 0 aliphatic carbocycles. The predicted octanol–water partition coefficient (Wildman–Crippen LogP) is 5.65. The summed E-state index contributed by atoms with van der Waals surface area (Å²) in [5, 5.41) is 2.16. The van der Waals surface area contributed by atoms with Crippen molar-refractivity contribution in [1.82, 2.24) is 9.47 Å². The molecular formula is C26H22BrN3O4S. The van der Waals surface area contributed by atoms with E-state index in [1.54, 1.807) is 18.2 Å². The summed E-state index contributed by atoms with van der Waals surface area (Å²) in [7, 11) is 0. The highest BCUT2D eigenvalue weighted by Gasteiger charge is 2.37. The van der Waals surface area contributed by atoms with Crippen LogP contribution >= 0.6 is 27.7 Å². The lowest BCUT2D eigenvalue weighted by molar-refractivity contribution is -0.127. The van der Waals surface area contributed by atoms with Crippen molar-refractivity contribution >= 4 is 62.8 Å². The van der Waals surface area contributed by atoms with Gasteiger partial charge in [0.1, 0.15) is 6.54 Å². The molecule has 178 valence electrons. The van der Waals surface area contributed by atoms with Crippen LogP contribution in [0.2, 0.25) is 0 Å². The monoisotopic (exact) mass is 551 g/mol. The molecule has 3 amide bonds. The van der Waals surface area contributed by atoms with Gasteiger partial charge in [0, 0.05) is 38.4 Å². The molecule has 9 heteroatoms. The SMILES string of the molecule is Cc1ccc(NC(=O)CN2C(=O)S/C(=C\c3c(C=O)c(C)n(-c4ccc(Br)cc4)c3C)C2=O)cc1. The van der Waals surface area contributed by atoms with Gasteiger partial charge >= 0.3 is 0 Å². The van der Waals surface area contributed by atoms with E-state index in [1.165, 1.54) is 0 Å². The Morgan fingerprint density at radius 2 is 1.60 bits per heavy atom. The summed E-state index contributed by atoms with van der Waals surface area (Å²) in [6.07, 6.45) is 2.31. The Bertz CT molecular complexity index is 1380. The van der Waals surface area contributed by atoms with Crippen LogP contribution in [-0.4, -0.2) is 39.4 Å². The number of thioether (sulfide) groups is 1. The number of aldehydes is 1. The smallest absolute Gasteiger partial charge is 0.294 e. The number of benzene rings is 2. The third-order valence-corrected chi connectivity index (χ3v) is 7.17. The number of carbonyl (C=O) groups is 4. The van der Waals surface area contributed by atoms with Gasteiger partial charge in [-0.15, -0.1) is 0 Å². The number of carbonyl (C=O) groups excluding carboxylic acids is 4. The molecule has 0 unspecified atom stereocenters. The normalized spacial score (nSPS) is 14.6. The minimum Gasteiger partial charge on any atom is -0.325 e. The molecule has 2 heterocycles. The van der Waals surface area contributed by atoms with E-state index in [1.807, 2.05) is 61.7 Å². The Balaban J connectivity index is 1.60. The first-order valence-corrected chi connectivity index (χ1v) is 12.4. The molecular weight excluding hydrogens is 530 g/mol. The van der Waals surface area contributed by atoms with Crippen molar-refractivity contribution in [3.05, 3.63) is 86.0 Å². The lowest BCUT2D eigenvalue weighted by Crippen LogP contribution is -2.36. The van der Waals surface area contributed by atoms with Gasteiger partial charge in [0.05, 0.1) is 4.91 Å². The lowest BCUT2D eigenvalue weighted by atomic mass is 10.1. The van der Waals surface area contributed by atoms with Gasteiger partial charge in [-0.1, -0.05) is 33.6 Å². The van der Waals surface area contributed by atoms with Crippen molar-refractivity contribution in [1.29, 1.82) is 0 Å². The summed E-state index contributed by atoms with van der Waals surface area (Å²) in [5.41, 5.74) is 4.99. The molecule has 1 saturated heterocycles. The molecule has 1 aliphatic heterocycles. The maximum absolute atomic E-state index is 13.0. The molecule has 0 bridgehead atoms. The van der Waals surface area contributed by atoms with Crippen LogP contribution in [0, 0.1) is 20.8 Å². The zero-order valence-electron chi connectivity index (χ0n) is 19.3. The number of aryl methyl sites for hydroxylation is 1. The quantitative estimate of drug-likeness (QED) is 0.315. The third kappa shape index (κ3) is 5.01. The largest absolute Gasteiger partial charge is 0.325 e.